The summed E-state index contributed by atoms with van der Waals surface area (Å²) in [5.41, 5.74) is 0. The molecule has 0 saturated heterocycles. The molecule has 4 nitrogen and oxygen atoms in total. The van der Waals surface area contributed by atoms with Crippen molar-refractivity contribution < 1.29 is 14.6 Å². The monoisotopic (exact) mass is 243 g/mol. The highest BCUT2D eigenvalue weighted by atomic mass is 16.5. The number of hydrogen-bond donors (Lipinski definition) is 1. The van der Waals surface area contributed by atoms with Gasteiger partial charge in [-0.05, 0) is 32.2 Å². The zero-order valence-corrected chi connectivity index (χ0v) is 11.2. The van der Waals surface area contributed by atoms with Gasteiger partial charge in [-0.2, -0.15) is 0 Å². The second kappa shape index (κ2) is 6.97. The highest BCUT2D eigenvalue weighted by Crippen LogP contribution is 2.25. The Hall–Kier alpha value is -0.610. The number of aliphatic carboxylic acids is 1. The molecule has 1 fully saturated rings. The minimum Gasteiger partial charge on any atom is -0.481 e. The van der Waals surface area contributed by atoms with Crippen LogP contribution in [0.4, 0.5) is 0 Å². The Morgan fingerprint density at radius 2 is 2.00 bits per heavy atom. The molecule has 0 aromatic heterocycles. The van der Waals surface area contributed by atoms with E-state index in [0.717, 1.165) is 32.2 Å². The highest BCUT2D eigenvalue weighted by Gasteiger charge is 2.26. The van der Waals surface area contributed by atoms with Crippen LogP contribution >= 0.6 is 0 Å². The zero-order valence-electron chi connectivity index (χ0n) is 11.2. The fourth-order valence-corrected chi connectivity index (χ4v) is 2.61. The summed E-state index contributed by atoms with van der Waals surface area (Å²) in [6, 6.07) is 0.535. The maximum atomic E-state index is 10.9. The molecule has 4 heteroatoms. The van der Waals surface area contributed by atoms with Crippen molar-refractivity contribution in [1.29, 1.82) is 0 Å². The third-order valence-corrected chi connectivity index (χ3v) is 3.83. The summed E-state index contributed by atoms with van der Waals surface area (Å²) < 4.78 is 5.36. The van der Waals surface area contributed by atoms with Crippen LogP contribution in [0.25, 0.3) is 0 Å². The number of ether oxygens (including phenoxy) is 1. The first-order valence-corrected chi connectivity index (χ1v) is 6.58. The number of carbonyl (C=O) groups is 1. The van der Waals surface area contributed by atoms with E-state index in [-0.39, 0.29) is 5.92 Å². The van der Waals surface area contributed by atoms with Gasteiger partial charge in [0, 0.05) is 19.7 Å². The molecule has 1 saturated carbocycles. The van der Waals surface area contributed by atoms with Crippen molar-refractivity contribution in [2.45, 2.75) is 51.7 Å². The second-order valence-corrected chi connectivity index (χ2v) is 4.99. The molecule has 1 atom stereocenters. The van der Waals surface area contributed by atoms with Crippen molar-refractivity contribution in [3.05, 3.63) is 0 Å². The van der Waals surface area contributed by atoms with E-state index in [1.54, 1.807) is 14.0 Å². The quantitative estimate of drug-likeness (QED) is 0.775. The Kier molecular flexibility index (Phi) is 5.92. The lowest BCUT2D eigenvalue weighted by atomic mass is 9.91. The molecule has 0 aromatic rings. The van der Waals surface area contributed by atoms with E-state index in [0.29, 0.717) is 18.7 Å². The van der Waals surface area contributed by atoms with Crippen molar-refractivity contribution in [2.24, 2.45) is 5.92 Å². The minimum atomic E-state index is -0.700. The molecule has 0 spiro atoms. The summed E-state index contributed by atoms with van der Waals surface area (Å²) in [7, 11) is 1.77. The molecule has 1 rings (SSSR count). The van der Waals surface area contributed by atoms with Gasteiger partial charge in [0.25, 0.3) is 0 Å². The van der Waals surface area contributed by atoms with Gasteiger partial charge in [-0.3, -0.25) is 9.69 Å². The number of carboxylic acids is 1. The number of rotatable bonds is 6. The lowest BCUT2D eigenvalue weighted by molar-refractivity contribution is -0.142. The number of hydrogen-bond acceptors (Lipinski definition) is 3. The normalized spacial score (nSPS) is 27.1. The first kappa shape index (κ1) is 14.5. The van der Waals surface area contributed by atoms with Crippen LogP contribution in [0.3, 0.4) is 0 Å². The molecule has 0 aromatic carbocycles. The van der Waals surface area contributed by atoms with E-state index in [1.165, 1.54) is 0 Å². The smallest absolute Gasteiger partial charge is 0.307 e. The molecule has 0 bridgehead atoms. The Balaban J connectivity index is 2.43. The molecule has 0 amide bonds. The van der Waals surface area contributed by atoms with Gasteiger partial charge in [-0.25, -0.2) is 0 Å². The maximum Gasteiger partial charge on any atom is 0.307 e. The van der Waals surface area contributed by atoms with Gasteiger partial charge >= 0.3 is 5.97 Å². The summed E-state index contributed by atoms with van der Waals surface area (Å²) in [4.78, 5) is 13.2. The topological polar surface area (TPSA) is 49.8 Å². The lowest BCUT2D eigenvalue weighted by Crippen LogP contribution is -2.42. The van der Waals surface area contributed by atoms with Crippen LogP contribution in [0.15, 0.2) is 0 Å². The van der Waals surface area contributed by atoms with Crippen molar-refractivity contribution in [2.75, 3.05) is 20.2 Å². The van der Waals surface area contributed by atoms with Crippen molar-refractivity contribution in [3.8, 4) is 0 Å². The molecule has 1 unspecified atom stereocenters. The van der Waals surface area contributed by atoms with Gasteiger partial charge < -0.3 is 9.84 Å². The van der Waals surface area contributed by atoms with Crippen LogP contribution < -0.4 is 0 Å². The van der Waals surface area contributed by atoms with Crippen molar-refractivity contribution in [1.82, 2.24) is 4.90 Å². The fourth-order valence-electron chi connectivity index (χ4n) is 2.61. The van der Waals surface area contributed by atoms with Gasteiger partial charge in [-0.1, -0.05) is 13.8 Å². The second-order valence-electron chi connectivity index (χ2n) is 4.99. The van der Waals surface area contributed by atoms with Gasteiger partial charge in [0.2, 0.25) is 0 Å². The third-order valence-electron chi connectivity index (χ3n) is 3.83. The standard InChI is InChI=1S/C13H25NO3/c1-4-14(9-10(2)13(15)16)11-5-7-12(17-3)8-6-11/h10-12H,4-9H2,1-3H3,(H,15,16). The third kappa shape index (κ3) is 4.28. The molecule has 1 aliphatic rings. The summed E-state index contributed by atoms with van der Waals surface area (Å²) in [5.74, 6) is -0.982. The van der Waals surface area contributed by atoms with Crippen LogP contribution in [-0.2, 0) is 9.53 Å². The number of carboxylic acid groups (broad SMARTS) is 1. The van der Waals surface area contributed by atoms with Gasteiger partial charge in [-0.15, -0.1) is 0 Å². The average molecular weight is 243 g/mol. The van der Waals surface area contributed by atoms with E-state index in [2.05, 4.69) is 11.8 Å². The summed E-state index contributed by atoms with van der Waals surface area (Å²) in [6.45, 7) is 5.48. The molecule has 0 radical (unpaired) electrons. The highest BCUT2D eigenvalue weighted by molar-refractivity contribution is 5.69. The van der Waals surface area contributed by atoms with Crippen LogP contribution in [-0.4, -0.2) is 48.3 Å². The Labute approximate surface area is 104 Å². The van der Waals surface area contributed by atoms with Crippen LogP contribution in [0.1, 0.15) is 39.5 Å². The fraction of sp³-hybridized carbons (Fsp3) is 0.923. The van der Waals surface area contributed by atoms with Crippen molar-refractivity contribution >= 4 is 5.97 Å². The molecule has 1 aliphatic carbocycles. The van der Waals surface area contributed by atoms with E-state index in [9.17, 15) is 4.79 Å². The molecule has 0 aliphatic heterocycles. The van der Waals surface area contributed by atoms with E-state index < -0.39 is 5.97 Å². The largest absolute Gasteiger partial charge is 0.481 e. The van der Waals surface area contributed by atoms with Gasteiger partial charge in [0.1, 0.15) is 0 Å². The summed E-state index contributed by atoms with van der Waals surface area (Å²) in [5, 5.41) is 8.96. The minimum absolute atomic E-state index is 0.282. The SMILES string of the molecule is CCN(CC(C)C(=O)O)C1CCC(OC)CC1. The molecule has 100 valence electrons. The molecule has 1 N–H and O–H groups in total. The van der Waals surface area contributed by atoms with Crippen molar-refractivity contribution in [3.63, 3.8) is 0 Å². The Morgan fingerprint density at radius 3 is 2.41 bits per heavy atom. The first-order valence-electron chi connectivity index (χ1n) is 6.58. The molecule has 17 heavy (non-hydrogen) atoms. The molecular weight excluding hydrogens is 218 g/mol. The molecule has 0 heterocycles. The lowest BCUT2D eigenvalue weighted by Gasteiger charge is -2.36. The Bertz CT molecular complexity index is 237. The van der Waals surface area contributed by atoms with Gasteiger partial charge in [0.15, 0.2) is 0 Å². The number of methoxy groups -OCH3 is 1. The Morgan fingerprint density at radius 1 is 1.41 bits per heavy atom. The number of nitrogens with zero attached hydrogens (tertiary/aromatic N) is 1. The van der Waals surface area contributed by atoms with Crippen LogP contribution in [0, 0.1) is 5.92 Å². The summed E-state index contributed by atoms with van der Waals surface area (Å²) in [6.07, 6.45) is 4.84. The zero-order chi connectivity index (χ0) is 12.8. The van der Waals surface area contributed by atoms with Crippen LogP contribution in [0.5, 0.6) is 0 Å². The van der Waals surface area contributed by atoms with Gasteiger partial charge in [0.05, 0.1) is 12.0 Å². The molecular formula is C13H25NO3. The van der Waals surface area contributed by atoms with E-state index >= 15 is 0 Å². The van der Waals surface area contributed by atoms with Crippen LogP contribution in [0.2, 0.25) is 0 Å². The average Bonchev–Trinajstić information content (AvgIpc) is 2.35. The predicted molar refractivity (Wildman–Crippen MR) is 67.1 cm³/mol. The van der Waals surface area contributed by atoms with E-state index in [4.69, 9.17) is 9.84 Å². The summed E-state index contributed by atoms with van der Waals surface area (Å²) >= 11 is 0. The van der Waals surface area contributed by atoms with E-state index in [1.807, 2.05) is 0 Å². The maximum absolute atomic E-state index is 10.9. The first-order chi connectivity index (χ1) is 8.08. The predicted octanol–water partition coefficient (Wildman–Crippen LogP) is 1.99.